The van der Waals surface area contributed by atoms with Crippen LogP contribution in [0.5, 0.6) is 5.75 Å². The van der Waals surface area contributed by atoms with Gasteiger partial charge in [0.25, 0.3) is 0 Å². The molecule has 1 unspecified atom stereocenters. The van der Waals surface area contributed by atoms with Crippen LogP contribution in [0.15, 0.2) is 36.4 Å². The van der Waals surface area contributed by atoms with Crippen molar-refractivity contribution in [2.24, 2.45) is 0 Å². The Morgan fingerprint density at radius 3 is 2.58 bits per heavy atom. The molecule has 2 N–H and O–H groups in total. The van der Waals surface area contributed by atoms with Gasteiger partial charge < -0.3 is 10.2 Å². The molecule has 0 fully saturated rings. The van der Waals surface area contributed by atoms with Gasteiger partial charge in [0, 0.05) is 5.56 Å². The first-order valence-corrected chi connectivity index (χ1v) is 3.84. The Morgan fingerprint density at radius 1 is 1.33 bits per heavy atom. The molecule has 0 amide bonds. The molecule has 2 nitrogen and oxygen atoms in total. The lowest BCUT2D eigenvalue weighted by molar-refractivity contribution is 0.223. The molecule has 0 aromatic heterocycles. The molecule has 0 spiro atoms. The van der Waals surface area contributed by atoms with Gasteiger partial charge >= 0.3 is 0 Å². The Labute approximate surface area is 71.8 Å². The second-order valence-corrected chi connectivity index (χ2v) is 2.53. The predicted molar refractivity (Wildman–Crippen MR) is 47.9 cm³/mol. The van der Waals surface area contributed by atoms with Crippen molar-refractivity contribution in [3.63, 3.8) is 0 Å². The van der Waals surface area contributed by atoms with Gasteiger partial charge in [-0.2, -0.15) is 0 Å². The SMILES string of the molecule is C/C=C/C(O)c1ccccc1O. The fourth-order valence-electron chi connectivity index (χ4n) is 1.02. The number of hydrogen-bond donors (Lipinski definition) is 2. The lowest BCUT2D eigenvalue weighted by Crippen LogP contribution is -1.92. The van der Waals surface area contributed by atoms with Crippen LogP contribution in [0.1, 0.15) is 18.6 Å². The number of para-hydroxylation sites is 1. The maximum absolute atomic E-state index is 9.45. The summed E-state index contributed by atoms with van der Waals surface area (Å²) in [6.45, 7) is 1.82. The molecule has 1 atom stereocenters. The number of phenols is 1. The highest BCUT2D eigenvalue weighted by Gasteiger charge is 2.06. The van der Waals surface area contributed by atoms with Crippen LogP contribution < -0.4 is 0 Å². The monoisotopic (exact) mass is 164 g/mol. The molecule has 0 heterocycles. The molecule has 0 bridgehead atoms. The van der Waals surface area contributed by atoms with Crippen LogP contribution in [0.3, 0.4) is 0 Å². The second-order valence-electron chi connectivity index (χ2n) is 2.53. The Balaban J connectivity index is 2.94. The molecule has 64 valence electrons. The molecule has 0 aliphatic heterocycles. The summed E-state index contributed by atoms with van der Waals surface area (Å²) in [6.07, 6.45) is 2.66. The van der Waals surface area contributed by atoms with E-state index < -0.39 is 6.10 Å². The molecule has 12 heavy (non-hydrogen) atoms. The number of phenolic OH excluding ortho intramolecular Hbond substituents is 1. The summed E-state index contributed by atoms with van der Waals surface area (Å²) in [6, 6.07) is 6.76. The Morgan fingerprint density at radius 2 is 2.00 bits per heavy atom. The zero-order chi connectivity index (χ0) is 8.97. The van der Waals surface area contributed by atoms with Crippen LogP contribution in [-0.2, 0) is 0 Å². The molecule has 1 aromatic carbocycles. The molecule has 0 saturated heterocycles. The van der Waals surface area contributed by atoms with Crippen molar-refractivity contribution in [2.45, 2.75) is 13.0 Å². The lowest BCUT2D eigenvalue weighted by atomic mass is 10.1. The van der Waals surface area contributed by atoms with Crippen molar-refractivity contribution in [1.82, 2.24) is 0 Å². The second kappa shape index (κ2) is 3.93. The van der Waals surface area contributed by atoms with Crippen molar-refractivity contribution < 1.29 is 10.2 Å². The maximum atomic E-state index is 9.45. The first-order valence-electron chi connectivity index (χ1n) is 3.84. The van der Waals surface area contributed by atoms with Gasteiger partial charge in [-0.15, -0.1) is 0 Å². The predicted octanol–water partition coefficient (Wildman–Crippen LogP) is 2.00. The number of benzene rings is 1. The molecule has 0 radical (unpaired) electrons. The highest BCUT2D eigenvalue weighted by molar-refractivity contribution is 5.35. The Hall–Kier alpha value is -1.28. The molecule has 0 aliphatic carbocycles. The zero-order valence-corrected chi connectivity index (χ0v) is 6.94. The summed E-state index contributed by atoms with van der Waals surface area (Å²) < 4.78 is 0. The lowest BCUT2D eigenvalue weighted by Gasteiger charge is -2.06. The van der Waals surface area contributed by atoms with Crippen LogP contribution >= 0.6 is 0 Å². The number of hydrogen-bond acceptors (Lipinski definition) is 2. The maximum Gasteiger partial charge on any atom is 0.121 e. The fraction of sp³-hybridized carbons (Fsp3) is 0.200. The first-order chi connectivity index (χ1) is 5.75. The summed E-state index contributed by atoms with van der Waals surface area (Å²) in [5.41, 5.74) is 0.538. The van der Waals surface area contributed by atoms with E-state index in [9.17, 15) is 10.2 Å². The molecule has 0 saturated carbocycles. The van der Waals surface area contributed by atoms with Gasteiger partial charge in [-0.25, -0.2) is 0 Å². The van der Waals surface area contributed by atoms with E-state index in [1.165, 1.54) is 0 Å². The summed E-state index contributed by atoms with van der Waals surface area (Å²) in [7, 11) is 0. The van der Waals surface area contributed by atoms with E-state index >= 15 is 0 Å². The van der Waals surface area contributed by atoms with Crippen LogP contribution in [0.25, 0.3) is 0 Å². The average molecular weight is 164 g/mol. The van der Waals surface area contributed by atoms with E-state index in [1.54, 1.807) is 36.4 Å². The smallest absolute Gasteiger partial charge is 0.121 e. The molecule has 0 aliphatic rings. The highest BCUT2D eigenvalue weighted by atomic mass is 16.3. The van der Waals surface area contributed by atoms with Crippen LogP contribution in [-0.4, -0.2) is 10.2 Å². The molecular formula is C10H12O2. The van der Waals surface area contributed by atoms with Crippen LogP contribution in [0.2, 0.25) is 0 Å². The minimum absolute atomic E-state index is 0.128. The van der Waals surface area contributed by atoms with E-state index in [0.29, 0.717) is 5.56 Å². The minimum Gasteiger partial charge on any atom is -0.508 e. The number of aromatic hydroxyl groups is 1. The van der Waals surface area contributed by atoms with Crippen molar-refractivity contribution in [3.8, 4) is 5.75 Å². The van der Waals surface area contributed by atoms with Gasteiger partial charge in [0.2, 0.25) is 0 Å². The largest absolute Gasteiger partial charge is 0.508 e. The Bertz CT molecular complexity index is 279. The number of aliphatic hydroxyl groups excluding tert-OH is 1. The summed E-state index contributed by atoms with van der Waals surface area (Å²) in [5.74, 6) is 0.128. The first kappa shape index (κ1) is 8.81. The van der Waals surface area contributed by atoms with E-state index in [1.807, 2.05) is 6.92 Å². The van der Waals surface area contributed by atoms with Crippen molar-refractivity contribution in [3.05, 3.63) is 42.0 Å². The van der Waals surface area contributed by atoms with Gasteiger partial charge in [0.05, 0.1) is 0 Å². The summed E-state index contributed by atoms with van der Waals surface area (Å²) in [4.78, 5) is 0. The van der Waals surface area contributed by atoms with E-state index in [0.717, 1.165) is 0 Å². The molecule has 1 rings (SSSR count). The van der Waals surface area contributed by atoms with Gasteiger partial charge in [0.1, 0.15) is 11.9 Å². The normalized spacial score (nSPS) is 13.5. The molecule has 2 heteroatoms. The van der Waals surface area contributed by atoms with Gasteiger partial charge in [0.15, 0.2) is 0 Å². The van der Waals surface area contributed by atoms with Gasteiger partial charge in [-0.05, 0) is 13.0 Å². The average Bonchev–Trinajstić information content (AvgIpc) is 2.05. The fourth-order valence-corrected chi connectivity index (χ4v) is 1.02. The van der Waals surface area contributed by atoms with E-state index in [-0.39, 0.29) is 5.75 Å². The van der Waals surface area contributed by atoms with Crippen molar-refractivity contribution >= 4 is 0 Å². The number of aliphatic hydroxyl groups is 1. The third-order valence-corrected chi connectivity index (χ3v) is 1.63. The van der Waals surface area contributed by atoms with E-state index in [2.05, 4.69) is 0 Å². The summed E-state index contributed by atoms with van der Waals surface area (Å²) >= 11 is 0. The summed E-state index contributed by atoms with van der Waals surface area (Å²) in [5, 5.41) is 18.8. The van der Waals surface area contributed by atoms with Crippen molar-refractivity contribution in [1.29, 1.82) is 0 Å². The minimum atomic E-state index is -0.712. The highest BCUT2D eigenvalue weighted by Crippen LogP contribution is 2.23. The molecular weight excluding hydrogens is 152 g/mol. The zero-order valence-electron chi connectivity index (χ0n) is 6.94. The van der Waals surface area contributed by atoms with Gasteiger partial charge in [-0.1, -0.05) is 30.4 Å². The van der Waals surface area contributed by atoms with Gasteiger partial charge in [-0.3, -0.25) is 0 Å². The number of allylic oxidation sites excluding steroid dienone is 1. The topological polar surface area (TPSA) is 40.5 Å². The third kappa shape index (κ3) is 1.86. The van der Waals surface area contributed by atoms with Crippen molar-refractivity contribution in [2.75, 3.05) is 0 Å². The van der Waals surface area contributed by atoms with Crippen LogP contribution in [0, 0.1) is 0 Å². The number of rotatable bonds is 2. The Kier molecular flexibility index (Phi) is 2.88. The van der Waals surface area contributed by atoms with Crippen LogP contribution in [0.4, 0.5) is 0 Å². The molecule has 1 aromatic rings. The third-order valence-electron chi connectivity index (χ3n) is 1.63. The van der Waals surface area contributed by atoms with E-state index in [4.69, 9.17) is 0 Å². The quantitative estimate of drug-likeness (QED) is 0.656. The standard InChI is InChI=1S/C10H12O2/c1-2-5-9(11)8-6-3-4-7-10(8)12/h2-7,9,11-12H,1H3/b5-2+.